The van der Waals surface area contributed by atoms with Crippen molar-refractivity contribution in [3.63, 3.8) is 0 Å². The first-order chi connectivity index (χ1) is 7.73. The average molecular weight is 234 g/mol. The molecular formula is C14H22OSi. The average Bonchev–Trinajstić information content (AvgIpc) is 2.31. The Morgan fingerprint density at radius 3 is 2.50 bits per heavy atom. The van der Waals surface area contributed by atoms with Gasteiger partial charge in [-0.25, -0.2) is 0 Å². The Morgan fingerprint density at radius 2 is 1.94 bits per heavy atom. The van der Waals surface area contributed by atoms with Crippen molar-refractivity contribution in [3.05, 3.63) is 30.3 Å². The highest BCUT2D eigenvalue weighted by Gasteiger charge is 2.36. The van der Waals surface area contributed by atoms with Gasteiger partial charge in [-0.1, -0.05) is 49.4 Å². The van der Waals surface area contributed by atoms with Crippen LogP contribution >= 0.6 is 0 Å². The lowest BCUT2D eigenvalue weighted by Crippen LogP contribution is -2.51. The van der Waals surface area contributed by atoms with Gasteiger partial charge in [0, 0.05) is 6.61 Å². The first-order valence-electron chi connectivity index (χ1n) is 6.41. The zero-order valence-electron chi connectivity index (χ0n) is 10.4. The highest BCUT2D eigenvalue weighted by Crippen LogP contribution is 2.30. The molecule has 1 fully saturated rings. The minimum absolute atomic E-state index is 0.222. The minimum atomic E-state index is -0.334. The number of hydrogen-bond acceptors (Lipinski definition) is 1. The number of benzene rings is 1. The Labute approximate surface area is 101 Å². The summed E-state index contributed by atoms with van der Waals surface area (Å²) in [5, 5.41) is 1.76. The van der Waals surface area contributed by atoms with Crippen LogP contribution in [0.5, 0.6) is 0 Å². The normalized spacial score (nSPS) is 26.7. The lowest BCUT2D eigenvalue weighted by molar-refractivity contribution is -0.0482. The summed E-state index contributed by atoms with van der Waals surface area (Å²) < 4.78 is 6.19. The molecule has 16 heavy (non-hydrogen) atoms. The topological polar surface area (TPSA) is 9.23 Å². The lowest BCUT2D eigenvalue weighted by Gasteiger charge is -2.41. The van der Waals surface area contributed by atoms with Gasteiger partial charge in [0.2, 0.25) is 0 Å². The maximum Gasteiger partial charge on any atom is 0.0929 e. The molecule has 1 unspecified atom stereocenters. The van der Waals surface area contributed by atoms with E-state index in [-0.39, 0.29) is 14.7 Å². The van der Waals surface area contributed by atoms with Crippen molar-refractivity contribution in [3.8, 4) is 0 Å². The molecule has 1 saturated heterocycles. The summed E-state index contributed by atoms with van der Waals surface area (Å²) in [5.41, 5.74) is 0. The Bertz CT molecular complexity index is 315. The van der Waals surface area contributed by atoms with Crippen LogP contribution in [0.25, 0.3) is 0 Å². The van der Waals surface area contributed by atoms with Crippen molar-refractivity contribution in [2.24, 2.45) is 5.92 Å². The van der Waals surface area contributed by atoms with Crippen LogP contribution in [0.15, 0.2) is 30.3 Å². The molecule has 1 aliphatic heterocycles. The molecule has 88 valence electrons. The summed E-state index contributed by atoms with van der Waals surface area (Å²) in [7, 11) is -0.334. The molecule has 2 heteroatoms. The number of rotatable bonds is 3. The van der Waals surface area contributed by atoms with Crippen LogP contribution in [0.3, 0.4) is 0 Å². The molecule has 0 aromatic heterocycles. The van der Waals surface area contributed by atoms with E-state index in [1.165, 1.54) is 24.4 Å². The fourth-order valence-electron chi connectivity index (χ4n) is 2.61. The molecule has 1 nitrogen and oxygen atoms in total. The number of ether oxygens (including phenoxy) is 1. The summed E-state index contributed by atoms with van der Waals surface area (Å²) in [5.74, 6) is 0.652. The zero-order valence-corrected chi connectivity index (χ0v) is 11.8. The first-order valence-corrected chi connectivity index (χ1v) is 7.82. The van der Waals surface area contributed by atoms with Crippen LogP contribution in [-0.4, -0.2) is 21.4 Å². The van der Waals surface area contributed by atoms with Gasteiger partial charge >= 0.3 is 0 Å². The summed E-state index contributed by atoms with van der Waals surface area (Å²) in [6.45, 7) is 5.61. The molecule has 2 rings (SSSR count). The van der Waals surface area contributed by atoms with Gasteiger partial charge in [0.25, 0.3) is 0 Å². The van der Waals surface area contributed by atoms with E-state index in [1.54, 1.807) is 0 Å². The largest absolute Gasteiger partial charge is 0.378 e. The molecule has 1 aromatic rings. The molecule has 1 aromatic carbocycles. The molecule has 0 saturated carbocycles. The van der Waals surface area contributed by atoms with Crippen LogP contribution in [0.4, 0.5) is 0 Å². The van der Waals surface area contributed by atoms with E-state index in [0.717, 1.165) is 6.61 Å². The minimum Gasteiger partial charge on any atom is -0.378 e. The predicted octanol–water partition coefficient (Wildman–Crippen LogP) is 2.03. The van der Waals surface area contributed by atoms with Gasteiger partial charge in [-0.05, 0) is 25.2 Å². The Balaban J connectivity index is 2.14. The van der Waals surface area contributed by atoms with Crippen molar-refractivity contribution in [2.75, 3.05) is 6.61 Å². The van der Waals surface area contributed by atoms with E-state index in [2.05, 4.69) is 44.2 Å². The second-order valence-corrected chi connectivity index (χ2v) is 7.55. The smallest absolute Gasteiger partial charge is 0.0929 e. The van der Waals surface area contributed by atoms with E-state index < -0.39 is 0 Å². The third kappa shape index (κ3) is 2.55. The quantitative estimate of drug-likeness (QED) is 0.727. The summed E-state index contributed by atoms with van der Waals surface area (Å²) in [6.07, 6.45) is 3.86. The van der Waals surface area contributed by atoms with Gasteiger partial charge in [-0.3, -0.25) is 0 Å². The molecule has 0 aliphatic carbocycles. The monoisotopic (exact) mass is 234 g/mol. The highest BCUT2D eigenvalue weighted by molar-refractivity contribution is 6.56. The molecular weight excluding hydrogens is 212 g/mol. The van der Waals surface area contributed by atoms with Gasteiger partial charge in [0.05, 0.1) is 14.7 Å². The van der Waals surface area contributed by atoms with E-state index in [9.17, 15) is 0 Å². The van der Waals surface area contributed by atoms with E-state index >= 15 is 0 Å². The Kier molecular flexibility index (Phi) is 3.82. The van der Waals surface area contributed by atoms with Gasteiger partial charge in [0.15, 0.2) is 0 Å². The van der Waals surface area contributed by atoms with Crippen molar-refractivity contribution in [2.45, 2.75) is 38.3 Å². The molecule has 1 aliphatic rings. The Hall–Kier alpha value is -0.603. The van der Waals surface area contributed by atoms with Gasteiger partial charge in [-0.15, -0.1) is 0 Å². The summed E-state index contributed by atoms with van der Waals surface area (Å²) in [6, 6.07) is 10.9. The van der Waals surface area contributed by atoms with Gasteiger partial charge in [-0.2, -0.15) is 0 Å². The second kappa shape index (κ2) is 5.15. The van der Waals surface area contributed by atoms with Crippen LogP contribution < -0.4 is 5.19 Å². The third-order valence-corrected chi connectivity index (χ3v) is 6.63. The first kappa shape index (κ1) is 11.9. The van der Waals surface area contributed by atoms with E-state index in [4.69, 9.17) is 4.74 Å². The molecule has 0 spiro atoms. The van der Waals surface area contributed by atoms with Crippen molar-refractivity contribution in [1.82, 2.24) is 0 Å². The molecule has 0 bridgehead atoms. The summed E-state index contributed by atoms with van der Waals surface area (Å²) in [4.78, 5) is 0. The predicted molar refractivity (Wildman–Crippen MR) is 72.0 cm³/mol. The van der Waals surface area contributed by atoms with Crippen molar-refractivity contribution in [1.29, 1.82) is 0 Å². The highest BCUT2D eigenvalue weighted by atomic mass is 28.2. The van der Waals surface area contributed by atoms with Gasteiger partial charge in [0.1, 0.15) is 0 Å². The van der Waals surface area contributed by atoms with E-state index in [1.807, 2.05) is 0 Å². The van der Waals surface area contributed by atoms with Crippen molar-refractivity contribution >= 4 is 14.7 Å². The summed E-state index contributed by atoms with van der Waals surface area (Å²) >= 11 is 0. The number of hydrogen-bond donors (Lipinski definition) is 0. The fraction of sp³-hybridized carbons (Fsp3) is 0.571. The Morgan fingerprint density at radius 1 is 1.19 bits per heavy atom. The van der Waals surface area contributed by atoms with Crippen LogP contribution in [-0.2, 0) is 4.74 Å². The SMILES string of the molecule is CC(C)C1([SiH2]c2ccccc2)CCCCO1. The zero-order chi connectivity index (χ0) is 11.4. The lowest BCUT2D eigenvalue weighted by atomic mass is 9.98. The molecule has 0 radical (unpaired) electrons. The maximum atomic E-state index is 6.19. The molecule has 0 N–H and O–H groups in total. The fourth-order valence-corrected chi connectivity index (χ4v) is 4.89. The van der Waals surface area contributed by atoms with Crippen LogP contribution in [0.1, 0.15) is 33.1 Å². The van der Waals surface area contributed by atoms with Crippen LogP contribution in [0.2, 0.25) is 0 Å². The van der Waals surface area contributed by atoms with Gasteiger partial charge < -0.3 is 4.74 Å². The van der Waals surface area contributed by atoms with Crippen LogP contribution in [0, 0.1) is 5.92 Å². The maximum absolute atomic E-state index is 6.19. The van der Waals surface area contributed by atoms with E-state index in [0.29, 0.717) is 5.92 Å². The third-order valence-electron chi connectivity index (χ3n) is 3.78. The molecule has 0 amide bonds. The standard InChI is InChI=1S/C14H22OSi/c1-12(2)14(10-6-7-11-15-14)16-13-8-4-3-5-9-13/h3-5,8-9,12H,6-7,10-11,16H2,1-2H3. The molecule has 1 heterocycles. The second-order valence-electron chi connectivity index (χ2n) is 5.19. The molecule has 1 atom stereocenters. The van der Waals surface area contributed by atoms with Crippen molar-refractivity contribution < 1.29 is 4.74 Å².